The van der Waals surface area contributed by atoms with Crippen LogP contribution in [-0.4, -0.2) is 90.5 Å². The van der Waals surface area contributed by atoms with E-state index >= 15 is 4.39 Å². The minimum absolute atomic E-state index is 0.250. The minimum atomic E-state index is -1.22. The van der Waals surface area contributed by atoms with Crippen molar-refractivity contribution in [2.45, 2.75) is 104 Å². The van der Waals surface area contributed by atoms with Gasteiger partial charge in [-0.3, -0.25) is 4.90 Å². The van der Waals surface area contributed by atoms with Crippen LogP contribution >= 0.6 is 0 Å². The number of nitrogens with zero attached hydrogens (tertiary/aromatic N) is 4. The Morgan fingerprint density at radius 1 is 1.00 bits per heavy atom. The third-order valence-electron chi connectivity index (χ3n) is 9.48. The number of aromatic nitrogens is 2. The molecular weight excluding hydrogens is 638 g/mol. The molecule has 9 nitrogen and oxygen atoms in total. The summed E-state index contributed by atoms with van der Waals surface area (Å²) in [4.78, 5) is 16.3. The van der Waals surface area contributed by atoms with Crippen molar-refractivity contribution < 1.29 is 28.0 Å². The molecule has 0 N–H and O–H groups in total. The Kier molecular flexibility index (Phi) is 10.9. The van der Waals surface area contributed by atoms with E-state index in [1.54, 1.807) is 11.0 Å². The number of hydrogen-bond acceptors (Lipinski definition) is 7. The number of carbonyl (C=O) groups is 1. The highest BCUT2D eigenvalue weighted by Gasteiger charge is 2.50. The fourth-order valence-corrected chi connectivity index (χ4v) is 6.54. The third kappa shape index (κ3) is 9.40. The van der Waals surface area contributed by atoms with Crippen molar-refractivity contribution in [2.75, 3.05) is 32.8 Å². The van der Waals surface area contributed by atoms with E-state index in [1.165, 1.54) is 0 Å². The topological polar surface area (TPSA) is 78.3 Å². The van der Waals surface area contributed by atoms with Crippen LogP contribution in [0.2, 0.25) is 25.7 Å². The van der Waals surface area contributed by atoms with Gasteiger partial charge in [0.2, 0.25) is 0 Å². The van der Waals surface area contributed by atoms with Crippen LogP contribution in [0.1, 0.15) is 59.7 Å². The highest BCUT2D eigenvalue weighted by Crippen LogP contribution is 2.37. The lowest BCUT2D eigenvalue weighted by Gasteiger charge is -2.35. The van der Waals surface area contributed by atoms with Gasteiger partial charge < -0.3 is 23.7 Å². The molecule has 0 saturated carbocycles. The molecule has 49 heavy (non-hydrogen) atoms. The fraction of sp³-hybridized carbons (Fsp3) is 0.568. The van der Waals surface area contributed by atoms with Crippen LogP contribution in [0.5, 0.6) is 0 Å². The summed E-state index contributed by atoms with van der Waals surface area (Å²) in [5.74, 6) is 1.66. The lowest BCUT2D eigenvalue weighted by molar-refractivity contribution is 0.00578. The van der Waals surface area contributed by atoms with E-state index in [2.05, 4.69) is 30.6 Å². The van der Waals surface area contributed by atoms with Crippen LogP contribution in [0.15, 0.2) is 42.4 Å². The number of piperazine rings is 1. The van der Waals surface area contributed by atoms with Gasteiger partial charge >= 0.3 is 13.2 Å². The van der Waals surface area contributed by atoms with Gasteiger partial charge in [-0.1, -0.05) is 43.8 Å². The standard InChI is InChI=1S/C37H54BFN4O5Si/c1-35(2,3)46-34(44)42-19-17-41(18-20-42)25-29-12-11-28(24-31(29)39)27-13-14-33-30(23-27)32(40-43(33)26-45-21-22-49(8,9)10)15-16-38-47-36(4,5)37(6,7)48-38/h11-16,23-24H,17-22,25-26H2,1-10H3/b16-15+. The van der Waals surface area contributed by atoms with Crippen molar-refractivity contribution in [1.29, 1.82) is 0 Å². The Hall–Kier alpha value is -3.03. The number of amides is 1. The molecule has 5 rings (SSSR count). The quantitative estimate of drug-likeness (QED) is 0.158. The molecule has 1 aromatic heterocycles. The average Bonchev–Trinajstić information content (AvgIpc) is 3.44. The van der Waals surface area contributed by atoms with Crippen molar-refractivity contribution in [1.82, 2.24) is 19.6 Å². The second-order valence-electron chi connectivity index (χ2n) is 16.5. The molecule has 2 aromatic carbocycles. The Labute approximate surface area is 292 Å². The summed E-state index contributed by atoms with van der Waals surface area (Å²) in [7, 11) is -1.72. The van der Waals surface area contributed by atoms with Gasteiger partial charge in [-0.05, 0) is 89.9 Å². The van der Waals surface area contributed by atoms with Gasteiger partial charge in [0.25, 0.3) is 0 Å². The molecule has 266 valence electrons. The van der Waals surface area contributed by atoms with Crippen molar-refractivity contribution in [3.05, 3.63) is 59.4 Å². The molecular formula is C37H54BFN4O5Si. The van der Waals surface area contributed by atoms with Crippen molar-refractivity contribution in [3.63, 3.8) is 0 Å². The maximum Gasteiger partial charge on any atom is 0.487 e. The highest BCUT2D eigenvalue weighted by molar-refractivity contribution is 6.76. The number of ether oxygens (including phenoxy) is 2. The van der Waals surface area contributed by atoms with Gasteiger partial charge in [0, 0.05) is 58.4 Å². The first-order valence-corrected chi connectivity index (χ1v) is 21.1. The largest absolute Gasteiger partial charge is 0.487 e. The zero-order valence-electron chi connectivity index (χ0n) is 31.1. The normalized spacial score (nSPS) is 18.6. The number of benzene rings is 2. The summed E-state index contributed by atoms with van der Waals surface area (Å²) in [6.45, 7) is 24.7. The molecule has 0 unspecified atom stereocenters. The van der Waals surface area contributed by atoms with Gasteiger partial charge in [-0.2, -0.15) is 5.10 Å². The molecule has 0 radical (unpaired) electrons. The first-order valence-electron chi connectivity index (χ1n) is 17.4. The number of halogens is 1. The first-order chi connectivity index (χ1) is 22.8. The van der Waals surface area contributed by atoms with Crippen LogP contribution in [-0.2, 0) is 32.1 Å². The summed E-state index contributed by atoms with van der Waals surface area (Å²) >= 11 is 0. The summed E-state index contributed by atoms with van der Waals surface area (Å²) in [6, 6.07) is 12.6. The molecule has 0 atom stereocenters. The van der Waals surface area contributed by atoms with E-state index in [0.717, 1.165) is 33.8 Å². The van der Waals surface area contributed by atoms with Crippen molar-refractivity contribution in [2.24, 2.45) is 0 Å². The lowest BCUT2D eigenvalue weighted by Crippen LogP contribution is -2.49. The molecule has 3 aromatic rings. The van der Waals surface area contributed by atoms with E-state index in [9.17, 15) is 4.79 Å². The van der Waals surface area contributed by atoms with Gasteiger partial charge in [0.1, 0.15) is 18.1 Å². The number of carbonyl (C=O) groups excluding carboxylic acids is 1. The summed E-state index contributed by atoms with van der Waals surface area (Å²) < 4.78 is 41.4. The van der Waals surface area contributed by atoms with E-state index < -0.39 is 32.0 Å². The van der Waals surface area contributed by atoms with Crippen LogP contribution in [0.25, 0.3) is 28.1 Å². The number of rotatable bonds is 10. The van der Waals surface area contributed by atoms with Crippen LogP contribution in [0, 0.1) is 5.82 Å². The lowest BCUT2D eigenvalue weighted by atomic mass is 9.89. The molecule has 2 fully saturated rings. The molecule has 12 heteroatoms. The van der Waals surface area contributed by atoms with Crippen molar-refractivity contribution in [3.8, 4) is 11.1 Å². The van der Waals surface area contributed by atoms with Gasteiger partial charge in [0.15, 0.2) is 0 Å². The van der Waals surface area contributed by atoms with E-state index in [-0.39, 0.29) is 11.9 Å². The highest BCUT2D eigenvalue weighted by atomic mass is 28.3. The second kappa shape index (κ2) is 14.3. The van der Waals surface area contributed by atoms with Crippen LogP contribution in [0.4, 0.5) is 9.18 Å². The van der Waals surface area contributed by atoms with E-state index in [0.29, 0.717) is 51.6 Å². The summed E-state index contributed by atoms with van der Waals surface area (Å²) in [5.41, 5.74) is 2.61. The molecule has 2 aliphatic heterocycles. The number of hydrogen-bond donors (Lipinski definition) is 0. The zero-order chi connectivity index (χ0) is 35.8. The minimum Gasteiger partial charge on any atom is -0.444 e. The zero-order valence-corrected chi connectivity index (χ0v) is 32.1. The monoisotopic (exact) mass is 692 g/mol. The molecule has 2 saturated heterocycles. The van der Waals surface area contributed by atoms with Crippen LogP contribution in [0.3, 0.4) is 0 Å². The second-order valence-corrected chi connectivity index (χ2v) is 22.1. The molecule has 0 bridgehead atoms. The Morgan fingerprint density at radius 2 is 1.63 bits per heavy atom. The van der Waals surface area contributed by atoms with Gasteiger partial charge in [-0.25, -0.2) is 13.9 Å². The molecule has 0 aliphatic carbocycles. The Balaban J connectivity index is 1.33. The van der Waals surface area contributed by atoms with Gasteiger partial charge in [-0.15, -0.1) is 0 Å². The molecule has 1 amide bonds. The van der Waals surface area contributed by atoms with Crippen molar-refractivity contribution >= 4 is 38.3 Å². The average molecular weight is 693 g/mol. The third-order valence-corrected chi connectivity index (χ3v) is 11.2. The summed E-state index contributed by atoms with van der Waals surface area (Å²) in [5, 5.41) is 5.85. The maximum atomic E-state index is 15.6. The Bertz CT molecular complexity index is 1660. The first kappa shape index (κ1) is 37.2. The SMILES string of the molecule is CC(C)(C)OC(=O)N1CCN(Cc2ccc(-c3ccc4c(c3)c(/C=C/B3OC(C)(C)C(C)(C)O3)nn4COCC[Si](C)(C)C)cc2F)CC1. The summed E-state index contributed by atoms with van der Waals surface area (Å²) in [6.07, 6.45) is 1.64. The molecule has 2 aliphatic rings. The fourth-order valence-electron chi connectivity index (χ4n) is 5.78. The smallest absolute Gasteiger partial charge is 0.444 e. The number of fused-ring (bicyclic) bond motifs is 1. The predicted molar refractivity (Wildman–Crippen MR) is 197 cm³/mol. The van der Waals surface area contributed by atoms with Gasteiger partial charge in [0.05, 0.1) is 22.4 Å². The van der Waals surface area contributed by atoms with E-state index in [1.807, 2.05) is 89.5 Å². The van der Waals surface area contributed by atoms with Crippen LogP contribution < -0.4 is 0 Å². The van der Waals surface area contributed by atoms with E-state index in [4.69, 9.17) is 23.9 Å². The molecule has 0 spiro atoms. The Morgan fingerprint density at radius 3 is 2.24 bits per heavy atom. The molecule has 3 heterocycles. The predicted octanol–water partition coefficient (Wildman–Crippen LogP) is 7.85. The maximum absolute atomic E-state index is 15.6.